The van der Waals surface area contributed by atoms with Crippen molar-refractivity contribution < 1.29 is 4.74 Å². The molecule has 0 saturated heterocycles. The first-order chi connectivity index (χ1) is 7.66. The molecule has 0 aliphatic heterocycles. The maximum atomic E-state index is 5.88. The number of pyridine rings is 1. The fourth-order valence-electron chi connectivity index (χ4n) is 1.55. The molecule has 0 aliphatic carbocycles. The van der Waals surface area contributed by atoms with Crippen LogP contribution in [0.4, 0.5) is 5.82 Å². The predicted molar refractivity (Wildman–Crippen MR) is 66.1 cm³/mol. The van der Waals surface area contributed by atoms with Crippen molar-refractivity contribution in [3.05, 3.63) is 35.9 Å². The molecule has 2 rings (SSSR count). The predicted octanol–water partition coefficient (Wildman–Crippen LogP) is 2.74. The van der Waals surface area contributed by atoms with Crippen LogP contribution in [0.1, 0.15) is 19.4 Å². The number of nitrogen functional groups attached to an aromatic ring is 1. The SMILES string of the molecule is CC(C)OCc1cc2ccccc2nc1N. The van der Waals surface area contributed by atoms with E-state index in [1.54, 1.807) is 0 Å². The number of rotatable bonds is 3. The Morgan fingerprint density at radius 1 is 1.31 bits per heavy atom. The van der Waals surface area contributed by atoms with Crippen molar-refractivity contribution >= 4 is 16.7 Å². The van der Waals surface area contributed by atoms with Gasteiger partial charge in [0.05, 0.1) is 18.2 Å². The van der Waals surface area contributed by atoms with Gasteiger partial charge in [0.15, 0.2) is 0 Å². The second kappa shape index (κ2) is 4.49. The van der Waals surface area contributed by atoms with E-state index in [4.69, 9.17) is 10.5 Å². The number of nitrogens with two attached hydrogens (primary N) is 1. The topological polar surface area (TPSA) is 48.1 Å². The van der Waals surface area contributed by atoms with Gasteiger partial charge in [-0.05, 0) is 26.0 Å². The van der Waals surface area contributed by atoms with Crippen molar-refractivity contribution in [1.82, 2.24) is 4.98 Å². The molecule has 2 aromatic rings. The Hall–Kier alpha value is -1.61. The van der Waals surface area contributed by atoms with E-state index >= 15 is 0 Å². The number of para-hydroxylation sites is 1. The Morgan fingerprint density at radius 2 is 2.06 bits per heavy atom. The van der Waals surface area contributed by atoms with Crippen molar-refractivity contribution in [2.75, 3.05) is 5.73 Å². The van der Waals surface area contributed by atoms with Crippen LogP contribution in [0.25, 0.3) is 10.9 Å². The average molecular weight is 216 g/mol. The fourth-order valence-corrected chi connectivity index (χ4v) is 1.55. The summed E-state index contributed by atoms with van der Waals surface area (Å²) >= 11 is 0. The van der Waals surface area contributed by atoms with Crippen molar-refractivity contribution in [2.24, 2.45) is 0 Å². The maximum absolute atomic E-state index is 5.88. The molecule has 0 spiro atoms. The number of fused-ring (bicyclic) bond motifs is 1. The van der Waals surface area contributed by atoms with Gasteiger partial charge in [-0.15, -0.1) is 0 Å². The van der Waals surface area contributed by atoms with Crippen LogP contribution in [-0.4, -0.2) is 11.1 Å². The van der Waals surface area contributed by atoms with E-state index in [0.717, 1.165) is 16.5 Å². The maximum Gasteiger partial charge on any atom is 0.129 e. The summed E-state index contributed by atoms with van der Waals surface area (Å²) in [5, 5.41) is 1.10. The molecule has 0 bridgehead atoms. The van der Waals surface area contributed by atoms with Crippen molar-refractivity contribution in [1.29, 1.82) is 0 Å². The van der Waals surface area contributed by atoms with E-state index in [0.29, 0.717) is 12.4 Å². The first kappa shape index (κ1) is 10.9. The number of anilines is 1. The third-order valence-electron chi connectivity index (χ3n) is 2.41. The smallest absolute Gasteiger partial charge is 0.129 e. The average Bonchev–Trinajstić information content (AvgIpc) is 2.26. The molecule has 3 nitrogen and oxygen atoms in total. The van der Waals surface area contributed by atoms with Crippen LogP contribution >= 0.6 is 0 Å². The summed E-state index contributed by atoms with van der Waals surface area (Å²) in [6.07, 6.45) is 0.200. The Labute approximate surface area is 95.2 Å². The molecule has 0 radical (unpaired) electrons. The molecule has 1 aromatic carbocycles. The van der Waals surface area contributed by atoms with Crippen molar-refractivity contribution in [3.63, 3.8) is 0 Å². The summed E-state index contributed by atoms with van der Waals surface area (Å²) in [7, 11) is 0. The van der Waals surface area contributed by atoms with Gasteiger partial charge < -0.3 is 10.5 Å². The number of hydrogen-bond acceptors (Lipinski definition) is 3. The Bertz CT molecular complexity index is 494. The third kappa shape index (κ3) is 2.31. The van der Waals surface area contributed by atoms with Crippen molar-refractivity contribution in [2.45, 2.75) is 26.6 Å². The molecular formula is C13H16N2O. The molecule has 3 heteroatoms. The van der Waals surface area contributed by atoms with E-state index in [1.165, 1.54) is 0 Å². The van der Waals surface area contributed by atoms with Crippen LogP contribution in [0.2, 0.25) is 0 Å². The number of ether oxygens (including phenoxy) is 1. The number of aromatic nitrogens is 1. The molecule has 1 heterocycles. The van der Waals surface area contributed by atoms with E-state index in [9.17, 15) is 0 Å². The normalized spacial score (nSPS) is 11.2. The first-order valence-electron chi connectivity index (χ1n) is 5.42. The molecule has 2 N–H and O–H groups in total. The molecule has 0 unspecified atom stereocenters. The summed E-state index contributed by atoms with van der Waals surface area (Å²) in [5.74, 6) is 0.555. The van der Waals surface area contributed by atoms with E-state index in [-0.39, 0.29) is 6.10 Å². The molecule has 0 saturated carbocycles. The lowest BCUT2D eigenvalue weighted by atomic mass is 10.1. The standard InChI is InChI=1S/C13H16N2O/c1-9(2)16-8-11-7-10-5-3-4-6-12(10)15-13(11)14/h3-7,9H,8H2,1-2H3,(H2,14,15). The fraction of sp³-hybridized carbons (Fsp3) is 0.308. The van der Waals surface area contributed by atoms with Crippen LogP contribution in [-0.2, 0) is 11.3 Å². The van der Waals surface area contributed by atoms with Gasteiger partial charge in [0.2, 0.25) is 0 Å². The van der Waals surface area contributed by atoms with Gasteiger partial charge in [0, 0.05) is 10.9 Å². The van der Waals surface area contributed by atoms with Crippen LogP contribution in [0.15, 0.2) is 30.3 Å². The summed E-state index contributed by atoms with van der Waals surface area (Å²) in [6, 6.07) is 9.98. The van der Waals surface area contributed by atoms with Gasteiger partial charge in [0.1, 0.15) is 5.82 Å². The number of nitrogens with zero attached hydrogens (tertiary/aromatic N) is 1. The summed E-state index contributed by atoms with van der Waals surface area (Å²) in [6.45, 7) is 4.52. The molecular weight excluding hydrogens is 200 g/mol. The molecule has 0 aliphatic rings. The van der Waals surface area contributed by atoms with Crippen LogP contribution in [0, 0.1) is 0 Å². The lowest BCUT2D eigenvalue weighted by Crippen LogP contribution is -2.05. The Morgan fingerprint density at radius 3 is 2.81 bits per heavy atom. The summed E-state index contributed by atoms with van der Waals surface area (Å²) < 4.78 is 5.54. The van der Waals surface area contributed by atoms with E-state index in [2.05, 4.69) is 4.98 Å². The van der Waals surface area contributed by atoms with Crippen molar-refractivity contribution in [3.8, 4) is 0 Å². The van der Waals surface area contributed by atoms with Gasteiger partial charge >= 0.3 is 0 Å². The lowest BCUT2D eigenvalue weighted by molar-refractivity contribution is 0.0660. The van der Waals surface area contributed by atoms with Crippen LogP contribution < -0.4 is 5.73 Å². The highest BCUT2D eigenvalue weighted by atomic mass is 16.5. The second-order valence-electron chi connectivity index (χ2n) is 4.09. The quantitative estimate of drug-likeness (QED) is 0.858. The molecule has 16 heavy (non-hydrogen) atoms. The minimum atomic E-state index is 0.200. The Balaban J connectivity index is 2.34. The summed E-state index contributed by atoms with van der Waals surface area (Å²) in [5.41, 5.74) is 7.76. The zero-order valence-corrected chi connectivity index (χ0v) is 9.60. The van der Waals surface area contributed by atoms with E-state index < -0.39 is 0 Å². The minimum absolute atomic E-state index is 0.200. The monoisotopic (exact) mass is 216 g/mol. The molecule has 0 atom stereocenters. The summed E-state index contributed by atoms with van der Waals surface area (Å²) in [4.78, 5) is 4.35. The first-order valence-corrected chi connectivity index (χ1v) is 5.42. The van der Waals surface area contributed by atoms with Crippen LogP contribution in [0.5, 0.6) is 0 Å². The van der Waals surface area contributed by atoms with Gasteiger partial charge in [-0.2, -0.15) is 0 Å². The highest BCUT2D eigenvalue weighted by molar-refractivity contribution is 5.81. The highest BCUT2D eigenvalue weighted by Gasteiger charge is 2.04. The van der Waals surface area contributed by atoms with Gasteiger partial charge in [0.25, 0.3) is 0 Å². The second-order valence-corrected chi connectivity index (χ2v) is 4.09. The molecule has 84 valence electrons. The zero-order valence-electron chi connectivity index (χ0n) is 9.60. The van der Waals surface area contributed by atoms with Gasteiger partial charge in [-0.25, -0.2) is 4.98 Å². The third-order valence-corrected chi connectivity index (χ3v) is 2.41. The van der Waals surface area contributed by atoms with Gasteiger partial charge in [-0.3, -0.25) is 0 Å². The molecule has 1 aromatic heterocycles. The minimum Gasteiger partial charge on any atom is -0.383 e. The molecule has 0 amide bonds. The lowest BCUT2D eigenvalue weighted by Gasteiger charge is -2.10. The zero-order chi connectivity index (χ0) is 11.5. The van der Waals surface area contributed by atoms with E-state index in [1.807, 2.05) is 44.2 Å². The largest absolute Gasteiger partial charge is 0.383 e. The number of benzene rings is 1. The Kier molecular flexibility index (Phi) is 3.06. The van der Waals surface area contributed by atoms with Crippen LogP contribution in [0.3, 0.4) is 0 Å². The van der Waals surface area contributed by atoms with Gasteiger partial charge in [-0.1, -0.05) is 18.2 Å². The highest BCUT2D eigenvalue weighted by Crippen LogP contribution is 2.19. The molecule has 0 fully saturated rings. The number of hydrogen-bond donors (Lipinski definition) is 1.